The van der Waals surface area contributed by atoms with Crippen molar-refractivity contribution in [3.63, 3.8) is 0 Å². The molecule has 1 fully saturated rings. The number of hydrogen-bond acceptors (Lipinski definition) is 5. The van der Waals surface area contributed by atoms with E-state index in [2.05, 4.69) is 17.4 Å². The zero-order chi connectivity index (χ0) is 23.5. The predicted molar refractivity (Wildman–Crippen MR) is 127 cm³/mol. The van der Waals surface area contributed by atoms with E-state index in [0.29, 0.717) is 18.1 Å². The van der Waals surface area contributed by atoms with E-state index in [9.17, 15) is 19.5 Å². The first-order valence-corrected chi connectivity index (χ1v) is 12.3. The minimum Gasteiger partial charge on any atom is -0.480 e. The molecule has 2 N–H and O–H groups in total. The van der Waals surface area contributed by atoms with Crippen LogP contribution in [0.1, 0.15) is 30.9 Å². The highest BCUT2D eigenvalue weighted by Gasteiger charge is 2.38. The van der Waals surface area contributed by atoms with Gasteiger partial charge >= 0.3 is 12.1 Å². The Morgan fingerprint density at radius 3 is 2.27 bits per heavy atom. The van der Waals surface area contributed by atoms with Gasteiger partial charge in [-0.1, -0.05) is 62.4 Å². The molecule has 2 amide bonds. The standard InChI is InChI=1S/C25H28N2O5S/c1-15(2)22(23(28)27-11-12-33-14-21(27)24(29)30)26-25(31)32-13-20-18-9-5-3-7-16(18)17-8-4-6-10-19(17)20/h3-10,15,20-22H,11-14H2,1-2H3,(H,26,31)(H,29,30)/t21?,22-/m0/s1. The Bertz CT molecular complexity index is 1010. The molecule has 2 aromatic rings. The summed E-state index contributed by atoms with van der Waals surface area (Å²) in [4.78, 5) is 38.9. The number of hydrogen-bond donors (Lipinski definition) is 2. The smallest absolute Gasteiger partial charge is 0.407 e. The van der Waals surface area contributed by atoms with Gasteiger partial charge < -0.3 is 20.1 Å². The molecule has 1 unspecified atom stereocenters. The maximum absolute atomic E-state index is 13.2. The Hall–Kier alpha value is -3.00. The molecule has 4 rings (SSSR count). The van der Waals surface area contributed by atoms with E-state index in [-0.39, 0.29) is 24.3 Å². The van der Waals surface area contributed by atoms with Crippen LogP contribution in [-0.2, 0) is 14.3 Å². The van der Waals surface area contributed by atoms with Crippen LogP contribution in [0.3, 0.4) is 0 Å². The second-order valence-corrected chi connectivity index (χ2v) is 9.80. The van der Waals surface area contributed by atoms with Gasteiger partial charge in [-0.25, -0.2) is 9.59 Å². The molecule has 1 heterocycles. The largest absolute Gasteiger partial charge is 0.480 e. The van der Waals surface area contributed by atoms with Gasteiger partial charge in [-0.15, -0.1) is 0 Å². The number of carbonyl (C=O) groups is 3. The Kier molecular flexibility index (Phi) is 6.93. The highest BCUT2D eigenvalue weighted by molar-refractivity contribution is 7.99. The lowest BCUT2D eigenvalue weighted by Gasteiger charge is -2.36. The van der Waals surface area contributed by atoms with E-state index in [0.717, 1.165) is 22.3 Å². The molecular weight excluding hydrogens is 440 g/mol. The van der Waals surface area contributed by atoms with Gasteiger partial charge in [-0.3, -0.25) is 4.79 Å². The number of alkyl carbamates (subject to hydrolysis) is 1. The first kappa shape index (κ1) is 23.2. The predicted octanol–water partition coefficient (Wildman–Crippen LogP) is 3.58. The molecule has 2 aromatic carbocycles. The van der Waals surface area contributed by atoms with Crippen molar-refractivity contribution >= 4 is 29.7 Å². The number of fused-ring (bicyclic) bond motifs is 3. The van der Waals surface area contributed by atoms with Crippen LogP contribution in [0.2, 0.25) is 0 Å². The van der Waals surface area contributed by atoms with Gasteiger partial charge in [0.1, 0.15) is 18.7 Å². The van der Waals surface area contributed by atoms with Gasteiger partial charge in [0.15, 0.2) is 0 Å². The number of ether oxygens (including phenoxy) is 1. The van der Waals surface area contributed by atoms with E-state index < -0.39 is 24.1 Å². The third-order valence-corrected chi connectivity index (χ3v) is 7.27. The van der Waals surface area contributed by atoms with Crippen LogP contribution in [0.25, 0.3) is 11.1 Å². The Morgan fingerprint density at radius 2 is 1.70 bits per heavy atom. The molecule has 1 saturated heterocycles. The van der Waals surface area contributed by atoms with Gasteiger partial charge in [0.25, 0.3) is 0 Å². The lowest BCUT2D eigenvalue weighted by molar-refractivity contribution is -0.150. The number of benzene rings is 2. The molecule has 1 aliphatic carbocycles. The highest BCUT2D eigenvalue weighted by Crippen LogP contribution is 2.44. The number of carboxylic acids is 1. The fourth-order valence-corrected chi connectivity index (χ4v) is 5.57. The monoisotopic (exact) mass is 468 g/mol. The molecule has 0 aromatic heterocycles. The SMILES string of the molecule is CC(C)[C@H](NC(=O)OCC1c2ccccc2-c2ccccc21)C(=O)N1CCSCC1C(=O)O. The molecule has 1 aliphatic heterocycles. The molecule has 0 saturated carbocycles. The molecule has 0 radical (unpaired) electrons. The van der Waals surface area contributed by atoms with Crippen molar-refractivity contribution in [2.24, 2.45) is 5.92 Å². The van der Waals surface area contributed by atoms with Crippen LogP contribution in [0.5, 0.6) is 0 Å². The van der Waals surface area contributed by atoms with Gasteiger partial charge in [0.05, 0.1) is 0 Å². The van der Waals surface area contributed by atoms with Crippen molar-refractivity contribution < 1.29 is 24.2 Å². The van der Waals surface area contributed by atoms with E-state index in [1.807, 2.05) is 50.2 Å². The van der Waals surface area contributed by atoms with E-state index in [1.165, 1.54) is 16.7 Å². The van der Waals surface area contributed by atoms with Crippen molar-refractivity contribution in [2.75, 3.05) is 24.7 Å². The lowest BCUT2D eigenvalue weighted by Crippen LogP contribution is -2.58. The first-order valence-electron chi connectivity index (χ1n) is 11.1. The lowest BCUT2D eigenvalue weighted by atomic mass is 9.98. The van der Waals surface area contributed by atoms with Crippen molar-refractivity contribution in [1.82, 2.24) is 10.2 Å². The maximum atomic E-state index is 13.2. The van der Waals surface area contributed by atoms with Gasteiger partial charge in [-0.05, 0) is 28.2 Å². The van der Waals surface area contributed by atoms with E-state index in [4.69, 9.17) is 4.74 Å². The van der Waals surface area contributed by atoms with Crippen LogP contribution in [-0.4, -0.2) is 64.7 Å². The number of nitrogens with one attached hydrogen (secondary N) is 1. The zero-order valence-corrected chi connectivity index (χ0v) is 19.5. The highest BCUT2D eigenvalue weighted by atomic mass is 32.2. The Balaban J connectivity index is 1.44. The van der Waals surface area contributed by atoms with Crippen molar-refractivity contribution in [3.05, 3.63) is 59.7 Å². The normalized spacial score (nSPS) is 18.4. The van der Waals surface area contributed by atoms with Gasteiger partial charge in [-0.2, -0.15) is 11.8 Å². The molecule has 7 nitrogen and oxygen atoms in total. The number of thioether (sulfide) groups is 1. The molecule has 2 atom stereocenters. The summed E-state index contributed by atoms with van der Waals surface area (Å²) in [5, 5.41) is 12.2. The van der Waals surface area contributed by atoms with Crippen molar-refractivity contribution in [1.29, 1.82) is 0 Å². The summed E-state index contributed by atoms with van der Waals surface area (Å²) in [7, 11) is 0. The average Bonchev–Trinajstić information content (AvgIpc) is 3.14. The van der Waals surface area contributed by atoms with Crippen LogP contribution < -0.4 is 5.32 Å². The maximum Gasteiger partial charge on any atom is 0.407 e. The summed E-state index contributed by atoms with van der Waals surface area (Å²) in [5.41, 5.74) is 4.50. The van der Waals surface area contributed by atoms with Crippen LogP contribution in [0, 0.1) is 5.92 Å². The van der Waals surface area contributed by atoms with Gasteiger partial charge in [0, 0.05) is 24.0 Å². The van der Waals surface area contributed by atoms with Crippen LogP contribution in [0.4, 0.5) is 4.79 Å². The van der Waals surface area contributed by atoms with E-state index in [1.54, 1.807) is 0 Å². The summed E-state index contributed by atoms with van der Waals surface area (Å²) >= 11 is 1.51. The summed E-state index contributed by atoms with van der Waals surface area (Å²) in [6.07, 6.45) is -0.679. The molecular formula is C25H28N2O5S. The Morgan fingerprint density at radius 1 is 1.09 bits per heavy atom. The van der Waals surface area contributed by atoms with E-state index >= 15 is 0 Å². The molecule has 8 heteroatoms. The van der Waals surface area contributed by atoms with Gasteiger partial charge in [0.2, 0.25) is 5.91 Å². The number of carbonyl (C=O) groups excluding carboxylic acids is 2. The summed E-state index contributed by atoms with van der Waals surface area (Å²) in [5.74, 6) is -0.693. The average molecular weight is 469 g/mol. The number of nitrogens with zero attached hydrogens (tertiary/aromatic N) is 1. The molecule has 0 bridgehead atoms. The summed E-state index contributed by atoms with van der Waals surface area (Å²) in [6, 6.07) is 14.4. The minimum atomic E-state index is -1.03. The summed E-state index contributed by atoms with van der Waals surface area (Å²) < 4.78 is 5.59. The third-order valence-electron chi connectivity index (χ3n) is 6.25. The third kappa shape index (κ3) is 4.71. The Labute approximate surface area is 197 Å². The number of rotatable bonds is 6. The second-order valence-electron chi connectivity index (χ2n) is 8.65. The molecule has 2 aliphatic rings. The molecule has 33 heavy (non-hydrogen) atoms. The molecule has 0 spiro atoms. The fraction of sp³-hybridized carbons (Fsp3) is 0.400. The zero-order valence-electron chi connectivity index (χ0n) is 18.7. The van der Waals surface area contributed by atoms with Crippen LogP contribution >= 0.6 is 11.8 Å². The quantitative estimate of drug-likeness (QED) is 0.673. The fourth-order valence-electron chi connectivity index (χ4n) is 4.53. The number of carboxylic acid groups (broad SMARTS) is 1. The number of aliphatic carboxylic acids is 1. The number of amides is 2. The topological polar surface area (TPSA) is 95.9 Å². The van der Waals surface area contributed by atoms with Crippen LogP contribution in [0.15, 0.2) is 48.5 Å². The minimum absolute atomic E-state index is 0.0770. The second kappa shape index (κ2) is 9.87. The first-order chi connectivity index (χ1) is 15.9. The van der Waals surface area contributed by atoms with Crippen molar-refractivity contribution in [2.45, 2.75) is 31.8 Å². The summed E-state index contributed by atoms with van der Waals surface area (Å²) in [6.45, 7) is 4.13. The molecule has 174 valence electrons. The van der Waals surface area contributed by atoms with Crippen molar-refractivity contribution in [3.8, 4) is 11.1 Å².